The minimum Gasteiger partial charge on any atom is -0.323 e. The molecule has 1 amide bonds. The molecule has 0 saturated heterocycles. The third kappa shape index (κ3) is 2.59. The monoisotopic (exact) mass is 337 g/mol. The van der Waals surface area contributed by atoms with Crippen LogP contribution in [0, 0.1) is 5.82 Å². The molecule has 1 N–H and O–H groups in total. The first-order valence-electron chi connectivity index (χ1n) is 7.04. The van der Waals surface area contributed by atoms with Crippen molar-refractivity contribution >= 4 is 34.8 Å². The molecule has 1 fully saturated rings. The van der Waals surface area contributed by atoms with E-state index in [-0.39, 0.29) is 16.6 Å². The van der Waals surface area contributed by atoms with Crippen molar-refractivity contribution in [3.05, 3.63) is 63.9 Å². The van der Waals surface area contributed by atoms with Crippen LogP contribution in [-0.4, -0.2) is 5.91 Å². The Balaban J connectivity index is 1.89. The molecule has 0 radical (unpaired) electrons. The van der Waals surface area contributed by atoms with Crippen molar-refractivity contribution in [2.24, 2.45) is 0 Å². The lowest BCUT2D eigenvalue weighted by Crippen LogP contribution is -2.46. The lowest BCUT2D eigenvalue weighted by molar-refractivity contribution is -0.124. The molecule has 5 heteroatoms. The van der Waals surface area contributed by atoms with E-state index < -0.39 is 11.2 Å². The Labute approximate surface area is 138 Å². The number of hydrogen-bond acceptors (Lipinski definition) is 1. The third-order valence-corrected chi connectivity index (χ3v) is 4.78. The fourth-order valence-corrected chi connectivity index (χ4v) is 3.09. The molecule has 0 aliphatic heterocycles. The van der Waals surface area contributed by atoms with Gasteiger partial charge in [0.1, 0.15) is 0 Å². The highest BCUT2D eigenvalue weighted by Gasteiger charge is 2.45. The standard InChI is InChI=1S/C17H14Cl2FNO/c18-12-7-5-11(6-8-12)17(9-2-10-17)16(22)21-14-4-1-3-13(19)15(14)20/h1,3-8H,2,9-10H2,(H,21,22). The minimum atomic E-state index is -0.612. The predicted molar refractivity (Wildman–Crippen MR) is 87.0 cm³/mol. The van der Waals surface area contributed by atoms with Gasteiger partial charge in [0.25, 0.3) is 0 Å². The van der Waals surface area contributed by atoms with Gasteiger partial charge in [-0.25, -0.2) is 4.39 Å². The summed E-state index contributed by atoms with van der Waals surface area (Å²) < 4.78 is 14.0. The molecule has 0 bridgehead atoms. The van der Waals surface area contributed by atoms with Crippen molar-refractivity contribution in [2.75, 3.05) is 5.32 Å². The van der Waals surface area contributed by atoms with Crippen molar-refractivity contribution < 1.29 is 9.18 Å². The minimum absolute atomic E-state index is 0.00745. The van der Waals surface area contributed by atoms with Gasteiger partial charge in [0.2, 0.25) is 5.91 Å². The number of benzene rings is 2. The quantitative estimate of drug-likeness (QED) is 0.819. The van der Waals surface area contributed by atoms with E-state index in [4.69, 9.17) is 23.2 Å². The largest absolute Gasteiger partial charge is 0.323 e. The van der Waals surface area contributed by atoms with Gasteiger partial charge in [0, 0.05) is 5.02 Å². The van der Waals surface area contributed by atoms with Crippen molar-refractivity contribution in [1.29, 1.82) is 0 Å². The Hall–Kier alpha value is -1.58. The zero-order chi connectivity index (χ0) is 15.7. The van der Waals surface area contributed by atoms with Crippen molar-refractivity contribution in [3.8, 4) is 0 Å². The highest BCUT2D eigenvalue weighted by atomic mass is 35.5. The van der Waals surface area contributed by atoms with E-state index in [0.717, 1.165) is 24.8 Å². The first kappa shape index (κ1) is 15.3. The summed E-state index contributed by atoms with van der Waals surface area (Å²) in [4.78, 5) is 12.7. The molecule has 0 spiro atoms. The second-order valence-electron chi connectivity index (χ2n) is 5.50. The molecule has 1 aliphatic carbocycles. The van der Waals surface area contributed by atoms with Gasteiger partial charge in [-0.05, 0) is 42.7 Å². The first-order chi connectivity index (χ1) is 10.5. The van der Waals surface area contributed by atoms with E-state index in [1.807, 2.05) is 12.1 Å². The van der Waals surface area contributed by atoms with Gasteiger partial charge in [-0.15, -0.1) is 0 Å². The molecule has 2 aromatic rings. The summed E-state index contributed by atoms with van der Waals surface area (Å²) in [7, 11) is 0. The van der Waals surface area contributed by atoms with E-state index in [2.05, 4.69) is 5.32 Å². The van der Waals surface area contributed by atoms with E-state index in [1.54, 1.807) is 18.2 Å². The number of rotatable bonds is 3. The lowest BCUT2D eigenvalue weighted by Gasteiger charge is -2.40. The number of hydrogen-bond donors (Lipinski definition) is 1. The summed E-state index contributed by atoms with van der Waals surface area (Å²) in [5.74, 6) is -0.815. The van der Waals surface area contributed by atoms with Gasteiger partial charge in [-0.1, -0.05) is 47.8 Å². The summed E-state index contributed by atoms with van der Waals surface area (Å²) in [6.45, 7) is 0. The topological polar surface area (TPSA) is 29.1 Å². The summed E-state index contributed by atoms with van der Waals surface area (Å²) in [6.07, 6.45) is 2.44. The zero-order valence-corrected chi connectivity index (χ0v) is 13.2. The van der Waals surface area contributed by atoms with Crippen molar-refractivity contribution in [1.82, 2.24) is 0 Å². The van der Waals surface area contributed by atoms with Gasteiger partial charge in [0.05, 0.1) is 16.1 Å². The Bertz CT molecular complexity index is 711. The Kier molecular flexibility index (Phi) is 4.11. The van der Waals surface area contributed by atoms with Crippen LogP contribution in [0.4, 0.5) is 10.1 Å². The molecule has 0 aromatic heterocycles. The first-order valence-corrected chi connectivity index (χ1v) is 7.80. The Morgan fingerprint density at radius 2 is 1.77 bits per heavy atom. The number of nitrogens with one attached hydrogen (secondary N) is 1. The number of amides is 1. The average Bonchev–Trinajstić information content (AvgIpc) is 2.45. The fraction of sp³-hybridized carbons (Fsp3) is 0.235. The van der Waals surface area contributed by atoms with Gasteiger partial charge >= 0.3 is 0 Å². The Morgan fingerprint density at radius 1 is 1.09 bits per heavy atom. The second kappa shape index (κ2) is 5.90. The zero-order valence-electron chi connectivity index (χ0n) is 11.7. The van der Waals surface area contributed by atoms with Crippen LogP contribution in [0.5, 0.6) is 0 Å². The van der Waals surface area contributed by atoms with Gasteiger partial charge in [0.15, 0.2) is 5.82 Å². The van der Waals surface area contributed by atoms with Crippen molar-refractivity contribution in [3.63, 3.8) is 0 Å². The SMILES string of the molecule is O=C(Nc1cccc(Cl)c1F)C1(c2ccc(Cl)cc2)CCC1. The third-order valence-electron chi connectivity index (χ3n) is 4.24. The van der Waals surface area contributed by atoms with Crippen LogP contribution >= 0.6 is 23.2 Å². The van der Waals surface area contributed by atoms with Crippen LogP contribution in [0.1, 0.15) is 24.8 Å². The number of halogens is 3. The van der Waals surface area contributed by atoms with Gasteiger partial charge < -0.3 is 5.32 Å². The maximum Gasteiger partial charge on any atom is 0.235 e. The molecule has 114 valence electrons. The molecule has 1 saturated carbocycles. The molecule has 0 atom stereocenters. The molecule has 1 aliphatic rings. The number of anilines is 1. The number of carbonyl (C=O) groups excluding carboxylic acids is 1. The van der Waals surface area contributed by atoms with Gasteiger partial charge in [-0.2, -0.15) is 0 Å². The van der Waals surface area contributed by atoms with E-state index in [1.165, 1.54) is 12.1 Å². The fourth-order valence-electron chi connectivity index (χ4n) is 2.79. The summed E-state index contributed by atoms with van der Waals surface area (Å²) in [5, 5.41) is 3.29. The lowest BCUT2D eigenvalue weighted by atomic mass is 9.64. The smallest absolute Gasteiger partial charge is 0.235 e. The second-order valence-corrected chi connectivity index (χ2v) is 6.34. The van der Waals surface area contributed by atoms with Crippen LogP contribution in [0.3, 0.4) is 0 Å². The highest BCUT2D eigenvalue weighted by Crippen LogP contribution is 2.45. The van der Waals surface area contributed by atoms with Crippen LogP contribution in [-0.2, 0) is 10.2 Å². The number of carbonyl (C=O) groups is 1. The van der Waals surface area contributed by atoms with E-state index in [9.17, 15) is 9.18 Å². The molecule has 0 heterocycles. The average molecular weight is 338 g/mol. The van der Waals surface area contributed by atoms with Gasteiger partial charge in [-0.3, -0.25) is 4.79 Å². The van der Waals surface area contributed by atoms with Crippen molar-refractivity contribution in [2.45, 2.75) is 24.7 Å². The summed E-state index contributed by atoms with van der Waals surface area (Å²) in [5.41, 5.74) is 0.403. The van der Waals surface area contributed by atoms with E-state index >= 15 is 0 Å². The Morgan fingerprint density at radius 3 is 2.36 bits per heavy atom. The summed E-state index contributed by atoms with van der Waals surface area (Å²) in [6, 6.07) is 11.8. The van der Waals surface area contributed by atoms with Crippen LogP contribution in [0.15, 0.2) is 42.5 Å². The molecule has 22 heavy (non-hydrogen) atoms. The molecule has 0 unspecified atom stereocenters. The molecule has 2 aromatic carbocycles. The summed E-state index contributed by atoms with van der Waals surface area (Å²) >= 11 is 11.7. The normalized spacial score (nSPS) is 16.0. The maximum atomic E-state index is 14.0. The predicted octanol–water partition coefficient (Wildman–Crippen LogP) is 5.19. The van der Waals surface area contributed by atoms with Crippen LogP contribution in [0.2, 0.25) is 10.0 Å². The maximum absolute atomic E-state index is 14.0. The van der Waals surface area contributed by atoms with E-state index in [0.29, 0.717) is 5.02 Å². The highest BCUT2D eigenvalue weighted by molar-refractivity contribution is 6.31. The van der Waals surface area contributed by atoms with Crippen LogP contribution < -0.4 is 5.32 Å². The molecular formula is C17H14Cl2FNO. The molecule has 3 rings (SSSR count). The molecular weight excluding hydrogens is 324 g/mol. The van der Waals surface area contributed by atoms with Crippen LogP contribution in [0.25, 0.3) is 0 Å². The molecule has 2 nitrogen and oxygen atoms in total.